The molecule has 0 bridgehead atoms. The van der Waals surface area contributed by atoms with E-state index < -0.39 is 0 Å². The molecule has 0 aromatic heterocycles. The van der Waals surface area contributed by atoms with Crippen molar-refractivity contribution in [2.75, 3.05) is 12.0 Å². The second-order valence-electron chi connectivity index (χ2n) is 5.83. The molecule has 3 unspecified atom stereocenters. The van der Waals surface area contributed by atoms with Gasteiger partial charge in [0.1, 0.15) is 11.9 Å². The molecule has 3 rings (SSSR count). The van der Waals surface area contributed by atoms with Gasteiger partial charge < -0.3 is 14.4 Å². The minimum Gasteiger partial charge on any atom is -0.497 e. The lowest BCUT2D eigenvalue weighted by molar-refractivity contribution is -0.129. The first-order chi connectivity index (χ1) is 8.95. The smallest absolute Gasteiger partial charge is 0.232 e. The van der Waals surface area contributed by atoms with E-state index in [9.17, 15) is 4.79 Å². The molecule has 2 heterocycles. The van der Waals surface area contributed by atoms with Crippen molar-refractivity contribution in [2.24, 2.45) is 5.92 Å². The van der Waals surface area contributed by atoms with Gasteiger partial charge in [0.25, 0.3) is 0 Å². The first kappa shape index (κ1) is 12.5. The largest absolute Gasteiger partial charge is 0.497 e. The van der Waals surface area contributed by atoms with Crippen LogP contribution in [-0.2, 0) is 9.53 Å². The van der Waals surface area contributed by atoms with Crippen LogP contribution in [0.5, 0.6) is 5.75 Å². The molecule has 102 valence electrons. The van der Waals surface area contributed by atoms with Crippen molar-refractivity contribution in [1.29, 1.82) is 0 Å². The Kier molecular flexibility index (Phi) is 2.61. The van der Waals surface area contributed by atoms with Crippen molar-refractivity contribution in [3.63, 3.8) is 0 Å². The molecule has 2 saturated heterocycles. The summed E-state index contributed by atoms with van der Waals surface area (Å²) in [5.74, 6) is 1.000. The minimum absolute atomic E-state index is 0.0360. The summed E-state index contributed by atoms with van der Waals surface area (Å²) in [4.78, 5) is 14.0. The first-order valence-electron chi connectivity index (χ1n) is 6.60. The van der Waals surface area contributed by atoms with E-state index in [-0.39, 0.29) is 29.6 Å². The number of nitrogens with zero attached hydrogens (tertiary/aromatic N) is 1. The Morgan fingerprint density at radius 2 is 1.84 bits per heavy atom. The van der Waals surface area contributed by atoms with Crippen LogP contribution in [0.15, 0.2) is 24.3 Å². The number of anilines is 1. The average Bonchev–Trinajstić information content (AvgIpc) is 3.02. The van der Waals surface area contributed by atoms with Crippen LogP contribution < -0.4 is 9.64 Å². The van der Waals surface area contributed by atoms with Crippen molar-refractivity contribution in [2.45, 2.75) is 38.5 Å². The number of epoxide rings is 1. The van der Waals surface area contributed by atoms with E-state index in [1.807, 2.05) is 36.1 Å². The molecular formula is C15H19NO3. The van der Waals surface area contributed by atoms with Crippen LogP contribution in [0.25, 0.3) is 0 Å². The van der Waals surface area contributed by atoms with Crippen LogP contribution in [0, 0.1) is 5.92 Å². The Labute approximate surface area is 113 Å². The molecule has 0 N–H and O–H groups in total. The van der Waals surface area contributed by atoms with E-state index in [0.717, 1.165) is 11.4 Å². The second kappa shape index (κ2) is 3.97. The highest BCUT2D eigenvalue weighted by molar-refractivity contribution is 6.03. The summed E-state index contributed by atoms with van der Waals surface area (Å²) < 4.78 is 10.8. The SMILES string of the molecule is COc1ccc(N2C(=O)C(C)C2C2OC2(C)C)cc1. The van der Waals surface area contributed by atoms with Crippen LogP contribution in [0.4, 0.5) is 5.69 Å². The Balaban J connectivity index is 1.84. The number of β-lactam (4-membered cyclic amide) rings is 1. The van der Waals surface area contributed by atoms with Gasteiger partial charge in [-0.25, -0.2) is 0 Å². The highest BCUT2D eigenvalue weighted by atomic mass is 16.6. The summed E-state index contributed by atoms with van der Waals surface area (Å²) >= 11 is 0. The minimum atomic E-state index is -0.107. The molecule has 0 aliphatic carbocycles. The van der Waals surface area contributed by atoms with Gasteiger partial charge in [-0.05, 0) is 38.1 Å². The number of hydrogen-bond donors (Lipinski definition) is 0. The average molecular weight is 261 g/mol. The zero-order valence-corrected chi connectivity index (χ0v) is 11.7. The molecule has 1 amide bonds. The maximum absolute atomic E-state index is 12.1. The van der Waals surface area contributed by atoms with Crippen molar-refractivity contribution >= 4 is 11.6 Å². The zero-order valence-electron chi connectivity index (χ0n) is 11.7. The number of hydrogen-bond acceptors (Lipinski definition) is 3. The number of methoxy groups -OCH3 is 1. The van der Waals surface area contributed by atoms with E-state index in [0.29, 0.717) is 0 Å². The maximum Gasteiger partial charge on any atom is 0.232 e. The molecule has 2 aliphatic heterocycles. The summed E-state index contributed by atoms with van der Waals surface area (Å²) in [5, 5.41) is 0. The lowest BCUT2D eigenvalue weighted by Gasteiger charge is -2.45. The van der Waals surface area contributed by atoms with Crippen molar-refractivity contribution < 1.29 is 14.3 Å². The summed E-state index contributed by atoms with van der Waals surface area (Å²) in [7, 11) is 1.63. The molecule has 3 atom stereocenters. The Bertz CT molecular complexity index is 509. The van der Waals surface area contributed by atoms with Gasteiger partial charge in [-0.15, -0.1) is 0 Å². The normalized spacial score (nSPS) is 31.9. The Morgan fingerprint density at radius 1 is 1.26 bits per heavy atom. The highest BCUT2D eigenvalue weighted by Gasteiger charge is 2.62. The fourth-order valence-electron chi connectivity index (χ4n) is 2.87. The molecule has 2 aliphatic rings. The lowest BCUT2D eigenvalue weighted by Crippen LogP contribution is -2.63. The molecule has 4 nitrogen and oxygen atoms in total. The fraction of sp³-hybridized carbons (Fsp3) is 0.533. The predicted molar refractivity (Wildman–Crippen MR) is 72.4 cm³/mol. The van der Waals surface area contributed by atoms with E-state index in [1.165, 1.54) is 0 Å². The standard InChI is InChI=1S/C15H19NO3/c1-9-12(13-15(2,3)19-13)16(14(9)17)10-5-7-11(18-4)8-6-10/h5-9,12-13H,1-4H3. The molecule has 0 radical (unpaired) electrons. The van der Waals surface area contributed by atoms with Crippen molar-refractivity contribution in [3.05, 3.63) is 24.3 Å². The number of amides is 1. The number of ether oxygens (including phenoxy) is 2. The topological polar surface area (TPSA) is 42.1 Å². The maximum atomic E-state index is 12.1. The zero-order chi connectivity index (χ0) is 13.8. The first-order valence-corrected chi connectivity index (χ1v) is 6.60. The Hall–Kier alpha value is -1.55. The number of carbonyl (C=O) groups is 1. The van der Waals surface area contributed by atoms with Gasteiger partial charge in [0.2, 0.25) is 5.91 Å². The quantitative estimate of drug-likeness (QED) is 0.619. The monoisotopic (exact) mass is 261 g/mol. The van der Waals surface area contributed by atoms with Gasteiger partial charge in [-0.3, -0.25) is 4.79 Å². The number of benzene rings is 1. The van der Waals surface area contributed by atoms with Crippen LogP contribution in [0.1, 0.15) is 20.8 Å². The molecule has 4 heteroatoms. The summed E-state index contributed by atoms with van der Waals surface area (Å²) in [6.45, 7) is 6.11. The van der Waals surface area contributed by atoms with Crippen LogP contribution in [0.3, 0.4) is 0 Å². The van der Waals surface area contributed by atoms with Crippen LogP contribution in [0.2, 0.25) is 0 Å². The molecule has 0 spiro atoms. The fourth-order valence-corrected chi connectivity index (χ4v) is 2.87. The van der Waals surface area contributed by atoms with Crippen LogP contribution in [-0.4, -0.2) is 30.8 Å². The van der Waals surface area contributed by atoms with Crippen LogP contribution >= 0.6 is 0 Å². The predicted octanol–water partition coefficient (Wildman–Crippen LogP) is 2.22. The van der Waals surface area contributed by atoms with E-state index in [4.69, 9.17) is 9.47 Å². The summed E-state index contributed by atoms with van der Waals surface area (Å²) in [5.41, 5.74) is 0.810. The molecule has 0 saturated carbocycles. The molecular weight excluding hydrogens is 242 g/mol. The highest BCUT2D eigenvalue weighted by Crippen LogP contribution is 2.47. The van der Waals surface area contributed by atoms with Crippen molar-refractivity contribution in [3.8, 4) is 5.75 Å². The third-order valence-corrected chi connectivity index (χ3v) is 4.16. The molecule has 1 aromatic rings. The molecule has 19 heavy (non-hydrogen) atoms. The molecule has 1 aromatic carbocycles. The number of carbonyl (C=O) groups excluding carboxylic acids is 1. The van der Waals surface area contributed by atoms with E-state index in [1.54, 1.807) is 7.11 Å². The van der Waals surface area contributed by atoms with Gasteiger partial charge in [-0.1, -0.05) is 6.92 Å². The van der Waals surface area contributed by atoms with Crippen molar-refractivity contribution in [1.82, 2.24) is 0 Å². The lowest BCUT2D eigenvalue weighted by atomic mass is 9.83. The number of rotatable bonds is 3. The third-order valence-electron chi connectivity index (χ3n) is 4.16. The summed E-state index contributed by atoms with van der Waals surface area (Å²) in [6.07, 6.45) is 0.141. The molecule has 2 fully saturated rings. The van der Waals surface area contributed by atoms with Gasteiger partial charge in [-0.2, -0.15) is 0 Å². The van der Waals surface area contributed by atoms with Gasteiger partial charge in [0.15, 0.2) is 0 Å². The second-order valence-corrected chi connectivity index (χ2v) is 5.83. The van der Waals surface area contributed by atoms with Gasteiger partial charge in [0, 0.05) is 5.69 Å². The summed E-state index contributed by atoms with van der Waals surface area (Å²) in [6, 6.07) is 7.75. The van der Waals surface area contributed by atoms with E-state index >= 15 is 0 Å². The third kappa shape index (κ3) is 1.82. The van der Waals surface area contributed by atoms with Gasteiger partial charge >= 0.3 is 0 Å². The van der Waals surface area contributed by atoms with Gasteiger partial charge in [0.05, 0.1) is 24.7 Å². The Morgan fingerprint density at radius 3 is 2.32 bits per heavy atom. The van der Waals surface area contributed by atoms with E-state index in [2.05, 4.69) is 13.8 Å².